The Labute approximate surface area is 332 Å². The minimum atomic E-state index is -1.59. The van der Waals surface area contributed by atoms with Crippen LogP contribution in [0.1, 0.15) is 88.6 Å². The van der Waals surface area contributed by atoms with Crippen LogP contribution in [0.2, 0.25) is 0 Å². The van der Waals surface area contributed by atoms with Crippen LogP contribution in [0.4, 0.5) is 0 Å². The lowest BCUT2D eigenvalue weighted by Crippen LogP contribution is -2.21. The lowest BCUT2D eigenvalue weighted by molar-refractivity contribution is -0.490. The van der Waals surface area contributed by atoms with Gasteiger partial charge in [0.25, 0.3) is 0 Å². The van der Waals surface area contributed by atoms with E-state index < -0.39 is 18.2 Å². The number of carboxylic acid groups (broad SMARTS) is 2. The first-order valence-electron chi connectivity index (χ1n) is 15.3. The molecule has 3 N–H and O–H groups in total. The van der Waals surface area contributed by atoms with Crippen molar-refractivity contribution in [2.24, 2.45) is 0 Å². The van der Waals surface area contributed by atoms with Crippen molar-refractivity contribution < 1.29 is 50.2 Å². The summed E-state index contributed by atoms with van der Waals surface area (Å²) in [7, 11) is 0. The first-order chi connectivity index (χ1) is 24.7. The third-order valence-electron chi connectivity index (χ3n) is 6.00. The molecule has 0 aliphatic carbocycles. The molecule has 0 saturated heterocycles. The fraction of sp³-hybridized carbons (Fsp3) is 0.130. The van der Waals surface area contributed by atoms with Crippen LogP contribution in [-0.4, -0.2) is 40.2 Å². The van der Waals surface area contributed by atoms with Crippen molar-refractivity contribution in [2.45, 2.75) is 42.6 Å². The molecule has 0 heterocycles. The summed E-state index contributed by atoms with van der Waals surface area (Å²) in [5.41, 5.74) is 3.28. The lowest BCUT2D eigenvalue weighted by atomic mass is 10.2. The highest BCUT2D eigenvalue weighted by atomic mass is 16.5. The molecule has 10 nitrogen and oxygen atoms in total. The molecular formula is C46H54O10-4. The number of carbonyl (C=O) groups excluding carboxylic acids is 3. The number of aldehydes is 2. The van der Waals surface area contributed by atoms with Crippen LogP contribution in [0.5, 0.6) is 0 Å². The molecule has 0 bridgehead atoms. The molecule has 10 heteroatoms. The summed E-state index contributed by atoms with van der Waals surface area (Å²) < 4.78 is 0. The standard InChI is InChI=1S/C7H7O2.2C7H6O2.C7H7O.2C7H6O.4CH4.H2O/c3*8-7(9)6-4-2-1-3-5-6;3*8-6-7-4-2-1-3-5-7;;;;;/h1-5,7-8H;2*1-5H,(H,8,9);1-5H,6H2;2*1-6H;4*1H4;1H2/q-1;;;-1;;;;;;;/p-2. The fourth-order valence-corrected chi connectivity index (χ4v) is 3.41. The second-order valence-electron chi connectivity index (χ2n) is 9.77. The van der Waals surface area contributed by atoms with Gasteiger partial charge in [-0.25, -0.2) is 4.79 Å². The lowest BCUT2D eigenvalue weighted by Gasteiger charge is -2.13. The van der Waals surface area contributed by atoms with E-state index in [0.717, 1.165) is 29.3 Å². The van der Waals surface area contributed by atoms with Gasteiger partial charge in [-0.3, -0.25) is 9.59 Å². The smallest absolute Gasteiger partial charge is 0.335 e. The second kappa shape index (κ2) is 38.2. The number of carbonyl (C=O) groups is 4. The molecule has 302 valence electrons. The van der Waals surface area contributed by atoms with Crippen LogP contribution >= 0.6 is 0 Å². The summed E-state index contributed by atoms with van der Waals surface area (Å²) in [4.78, 5) is 40.3. The van der Waals surface area contributed by atoms with Crippen molar-refractivity contribution >= 4 is 24.5 Å². The first-order valence-corrected chi connectivity index (χ1v) is 15.3. The van der Waals surface area contributed by atoms with Crippen LogP contribution < -0.4 is 15.3 Å². The molecule has 1 unspecified atom stereocenters. The number of aromatic carboxylic acids is 2. The summed E-state index contributed by atoms with van der Waals surface area (Å²) in [6.07, 6.45) is 0.0752. The Bertz CT molecular complexity index is 1660. The summed E-state index contributed by atoms with van der Waals surface area (Å²) >= 11 is 0. The third-order valence-corrected chi connectivity index (χ3v) is 6.00. The van der Waals surface area contributed by atoms with Gasteiger partial charge in [0.05, 0.1) is 11.5 Å². The van der Waals surface area contributed by atoms with E-state index >= 15 is 0 Å². The van der Waals surface area contributed by atoms with Gasteiger partial charge in [0, 0.05) is 17.4 Å². The van der Waals surface area contributed by atoms with Gasteiger partial charge in [-0.15, -0.1) is 6.61 Å². The van der Waals surface area contributed by atoms with E-state index in [9.17, 15) is 34.5 Å². The molecule has 0 aromatic heterocycles. The molecule has 0 fully saturated rings. The van der Waals surface area contributed by atoms with Gasteiger partial charge in [-0.1, -0.05) is 205 Å². The average Bonchev–Trinajstić information content (AvgIpc) is 3.21. The molecular weight excluding hydrogens is 712 g/mol. The maximum absolute atomic E-state index is 10.3. The molecule has 0 saturated carbocycles. The molecule has 0 aliphatic rings. The largest absolute Gasteiger partial charge is 0.870 e. The van der Waals surface area contributed by atoms with E-state index in [1.165, 1.54) is 12.1 Å². The average molecular weight is 767 g/mol. The van der Waals surface area contributed by atoms with Crippen molar-refractivity contribution in [2.75, 3.05) is 0 Å². The fourth-order valence-electron chi connectivity index (χ4n) is 3.41. The summed E-state index contributed by atoms with van der Waals surface area (Å²) in [5, 5.41) is 47.4. The van der Waals surface area contributed by atoms with E-state index in [-0.39, 0.29) is 47.4 Å². The Kier molecular flexibility index (Phi) is 40.0. The highest BCUT2D eigenvalue weighted by Gasteiger charge is 1.96. The minimum Gasteiger partial charge on any atom is -0.870 e. The number of aliphatic hydroxyl groups is 1. The molecule has 0 aliphatic heterocycles. The second-order valence-corrected chi connectivity index (χ2v) is 9.77. The number of hydrogen-bond acceptors (Lipinski definition) is 9. The summed E-state index contributed by atoms with van der Waals surface area (Å²) in [6, 6.07) is 52.3. The van der Waals surface area contributed by atoms with Gasteiger partial charge < -0.3 is 35.8 Å². The highest BCUT2D eigenvalue weighted by molar-refractivity contribution is 5.87. The zero-order chi connectivity index (χ0) is 37.5. The van der Waals surface area contributed by atoms with E-state index in [4.69, 9.17) is 10.2 Å². The number of rotatable bonds is 6. The zero-order valence-electron chi connectivity index (χ0n) is 28.0. The monoisotopic (exact) mass is 766 g/mol. The molecule has 56 heavy (non-hydrogen) atoms. The van der Waals surface area contributed by atoms with E-state index in [1.807, 2.05) is 66.7 Å². The van der Waals surface area contributed by atoms with Crippen LogP contribution in [-0.2, 0) is 6.61 Å². The van der Waals surface area contributed by atoms with Gasteiger partial charge in [-0.05, 0) is 23.3 Å². The normalized spacial score (nSPS) is 8.70. The predicted octanol–water partition coefficient (Wildman–Crippen LogP) is 7.39. The quantitative estimate of drug-likeness (QED) is 0.127. The van der Waals surface area contributed by atoms with Crippen molar-refractivity contribution in [1.82, 2.24) is 0 Å². The van der Waals surface area contributed by atoms with Gasteiger partial charge >= 0.3 is 5.97 Å². The van der Waals surface area contributed by atoms with Crippen LogP contribution in [0.15, 0.2) is 182 Å². The Hall–Kier alpha value is -6.56. The predicted molar refractivity (Wildman–Crippen MR) is 218 cm³/mol. The van der Waals surface area contributed by atoms with E-state index in [2.05, 4.69) is 0 Å². The minimum absolute atomic E-state index is 0. The Balaban J connectivity index is -0.000000183. The zero-order valence-corrected chi connectivity index (χ0v) is 28.0. The Morgan fingerprint density at radius 2 is 0.804 bits per heavy atom. The van der Waals surface area contributed by atoms with Crippen LogP contribution in [0, 0.1) is 0 Å². The molecule has 0 radical (unpaired) electrons. The van der Waals surface area contributed by atoms with Crippen molar-refractivity contribution in [3.63, 3.8) is 0 Å². The van der Waals surface area contributed by atoms with Crippen LogP contribution in [0.25, 0.3) is 0 Å². The number of aliphatic hydroxyl groups excluding tert-OH is 1. The summed E-state index contributed by atoms with van der Waals surface area (Å²) in [5.74, 6) is -2.01. The number of hydrogen-bond donors (Lipinski definition) is 2. The summed E-state index contributed by atoms with van der Waals surface area (Å²) in [6.45, 7) is -0.110. The van der Waals surface area contributed by atoms with Crippen molar-refractivity contribution in [3.05, 3.63) is 215 Å². The molecule has 6 aromatic carbocycles. The number of benzene rings is 6. The Morgan fingerprint density at radius 1 is 0.518 bits per heavy atom. The molecule has 0 amide bonds. The molecule has 1 atom stereocenters. The number of carboxylic acids is 2. The maximum Gasteiger partial charge on any atom is 0.335 e. The highest BCUT2D eigenvalue weighted by Crippen LogP contribution is 2.04. The molecule has 6 aromatic rings. The van der Waals surface area contributed by atoms with E-state index in [1.54, 1.807) is 103 Å². The Morgan fingerprint density at radius 3 is 0.982 bits per heavy atom. The maximum atomic E-state index is 10.3. The van der Waals surface area contributed by atoms with E-state index in [0.29, 0.717) is 11.1 Å². The van der Waals surface area contributed by atoms with Gasteiger partial charge in [0.15, 0.2) is 0 Å². The molecule has 0 spiro atoms. The van der Waals surface area contributed by atoms with Gasteiger partial charge in [0.1, 0.15) is 12.6 Å². The van der Waals surface area contributed by atoms with Gasteiger partial charge in [0.2, 0.25) is 0 Å². The van der Waals surface area contributed by atoms with Gasteiger partial charge in [-0.2, -0.15) is 0 Å². The van der Waals surface area contributed by atoms with Crippen LogP contribution in [0.3, 0.4) is 0 Å². The first kappa shape index (κ1) is 58.7. The molecule has 6 rings (SSSR count). The van der Waals surface area contributed by atoms with Crippen molar-refractivity contribution in [3.8, 4) is 0 Å². The third kappa shape index (κ3) is 29.0. The SMILES string of the molecule is C.C.C.C.O=C(O)c1ccccc1.O=C([O-])c1ccccc1.O=Cc1ccccc1.O=Cc1ccccc1.[O-]C(O)c1ccccc1.[O-]Cc1ccccc1.[OH-]. The van der Waals surface area contributed by atoms with Crippen molar-refractivity contribution in [1.29, 1.82) is 0 Å². The topological polar surface area (TPSA) is 208 Å².